The Morgan fingerprint density at radius 2 is 2.16 bits per heavy atom. The summed E-state index contributed by atoms with van der Waals surface area (Å²) in [5.41, 5.74) is 2.60. The minimum Gasteiger partial charge on any atom is -0.470 e. The maximum Gasteiger partial charge on any atom is 0.272 e. The van der Waals surface area contributed by atoms with Gasteiger partial charge >= 0.3 is 0 Å². The van der Waals surface area contributed by atoms with E-state index in [-0.39, 0.29) is 12.0 Å². The molecular formula is C18H18N4O3. The number of amides is 1. The average Bonchev–Trinajstić information content (AvgIpc) is 2.65. The minimum atomic E-state index is -0.101. The monoisotopic (exact) mass is 338 g/mol. The highest BCUT2D eigenvalue weighted by Crippen LogP contribution is 2.29. The Bertz CT molecular complexity index is 788. The van der Waals surface area contributed by atoms with Crippen molar-refractivity contribution < 1.29 is 14.3 Å². The standard InChI is InChI=1S/C18H18N4O3/c23-18(16-3-7-19-12-21-16)22-10-14(11-22)25-17-15(2-1-6-20-17)13-4-8-24-9-5-13/h1-4,6-7,12,14H,5,8-11H2. The van der Waals surface area contributed by atoms with Crippen LogP contribution in [0.25, 0.3) is 5.57 Å². The maximum atomic E-state index is 12.3. The minimum absolute atomic E-state index is 0.0557. The molecule has 0 aliphatic carbocycles. The molecule has 128 valence electrons. The van der Waals surface area contributed by atoms with Crippen LogP contribution in [0.2, 0.25) is 0 Å². The van der Waals surface area contributed by atoms with Crippen molar-refractivity contribution in [3.8, 4) is 5.88 Å². The van der Waals surface area contributed by atoms with Crippen molar-refractivity contribution in [1.29, 1.82) is 0 Å². The lowest BCUT2D eigenvalue weighted by Crippen LogP contribution is -2.56. The van der Waals surface area contributed by atoms with Crippen molar-refractivity contribution in [2.24, 2.45) is 0 Å². The van der Waals surface area contributed by atoms with Crippen LogP contribution < -0.4 is 4.74 Å². The Labute approximate surface area is 145 Å². The van der Waals surface area contributed by atoms with E-state index in [9.17, 15) is 4.79 Å². The van der Waals surface area contributed by atoms with E-state index < -0.39 is 0 Å². The molecule has 2 aliphatic heterocycles. The molecule has 1 fully saturated rings. The highest BCUT2D eigenvalue weighted by Gasteiger charge is 2.34. The Morgan fingerprint density at radius 1 is 1.24 bits per heavy atom. The normalized spacial score (nSPS) is 17.6. The quantitative estimate of drug-likeness (QED) is 0.842. The fraction of sp³-hybridized carbons (Fsp3) is 0.333. The summed E-state index contributed by atoms with van der Waals surface area (Å²) in [6, 6.07) is 5.54. The number of likely N-dealkylation sites (tertiary alicyclic amines) is 1. The zero-order valence-electron chi connectivity index (χ0n) is 13.7. The number of aromatic nitrogens is 3. The zero-order valence-corrected chi connectivity index (χ0v) is 13.7. The predicted octanol–water partition coefficient (Wildman–Crippen LogP) is 1.58. The average molecular weight is 338 g/mol. The molecule has 2 aromatic heterocycles. The second-order valence-corrected chi connectivity index (χ2v) is 5.96. The van der Waals surface area contributed by atoms with Crippen LogP contribution in [0.5, 0.6) is 5.88 Å². The van der Waals surface area contributed by atoms with Gasteiger partial charge < -0.3 is 14.4 Å². The first-order valence-corrected chi connectivity index (χ1v) is 8.25. The van der Waals surface area contributed by atoms with Crippen LogP contribution in [0.1, 0.15) is 22.5 Å². The largest absolute Gasteiger partial charge is 0.470 e. The SMILES string of the molecule is O=C(c1ccncn1)N1CC(Oc2ncccc2C2=CCOCC2)C1. The number of carbonyl (C=O) groups is 1. The van der Waals surface area contributed by atoms with Crippen molar-refractivity contribution in [2.45, 2.75) is 12.5 Å². The molecule has 7 nitrogen and oxygen atoms in total. The number of hydrogen-bond acceptors (Lipinski definition) is 6. The Morgan fingerprint density at radius 3 is 2.92 bits per heavy atom. The Hall–Kier alpha value is -2.80. The summed E-state index contributed by atoms with van der Waals surface area (Å²) in [6.45, 7) is 2.39. The van der Waals surface area contributed by atoms with E-state index in [2.05, 4.69) is 21.0 Å². The lowest BCUT2D eigenvalue weighted by molar-refractivity contribution is 0.0154. The van der Waals surface area contributed by atoms with Gasteiger partial charge in [-0.15, -0.1) is 0 Å². The third kappa shape index (κ3) is 3.36. The highest BCUT2D eigenvalue weighted by molar-refractivity contribution is 5.92. The van der Waals surface area contributed by atoms with E-state index in [1.807, 2.05) is 12.1 Å². The van der Waals surface area contributed by atoms with Crippen LogP contribution in [0.15, 0.2) is 43.0 Å². The van der Waals surface area contributed by atoms with Crippen molar-refractivity contribution >= 4 is 11.5 Å². The van der Waals surface area contributed by atoms with E-state index in [4.69, 9.17) is 9.47 Å². The van der Waals surface area contributed by atoms with Gasteiger partial charge in [0, 0.05) is 18.0 Å². The maximum absolute atomic E-state index is 12.3. The number of pyridine rings is 1. The van der Waals surface area contributed by atoms with Crippen LogP contribution in [0.3, 0.4) is 0 Å². The molecule has 2 aromatic rings. The first-order valence-electron chi connectivity index (χ1n) is 8.25. The molecule has 25 heavy (non-hydrogen) atoms. The zero-order chi connectivity index (χ0) is 17.1. The second-order valence-electron chi connectivity index (χ2n) is 5.96. The fourth-order valence-corrected chi connectivity index (χ4v) is 2.92. The highest BCUT2D eigenvalue weighted by atomic mass is 16.5. The van der Waals surface area contributed by atoms with Crippen LogP contribution in [-0.4, -0.2) is 58.2 Å². The van der Waals surface area contributed by atoms with E-state index in [1.54, 1.807) is 23.4 Å². The molecule has 0 N–H and O–H groups in total. The number of carbonyl (C=O) groups excluding carboxylic acids is 1. The van der Waals surface area contributed by atoms with Crippen molar-refractivity contribution in [3.05, 3.63) is 54.3 Å². The third-order valence-corrected chi connectivity index (χ3v) is 4.30. The van der Waals surface area contributed by atoms with Gasteiger partial charge in [-0.05, 0) is 30.2 Å². The number of rotatable bonds is 4. The molecule has 1 amide bonds. The van der Waals surface area contributed by atoms with Gasteiger partial charge in [-0.3, -0.25) is 4.79 Å². The van der Waals surface area contributed by atoms with Gasteiger partial charge in [0.05, 0.1) is 26.3 Å². The van der Waals surface area contributed by atoms with Gasteiger partial charge in [-0.1, -0.05) is 6.08 Å². The van der Waals surface area contributed by atoms with E-state index in [0.29, 0.717) is 37.9 Å². The fourth-order valence-electron chi connectivity index (χ4n) is 2.92. The topological polar surface area (TPSA) is 77.4 Å². The van der Waals surface area contributed by atoms with Crippen LogP contribution in [-0.2, 0) is 4.74 Å². The van der Waals surface area contributed by atoms with Gasteiger partial charge in [-0.25, -0.2) is 15.0 Å². The molecule has 4 heterocycles. The number of nitrogens with zero attached hydrogens (tertiary/aromatic N) is 4. The molecular weight excluding hydrogens is 320 g/mol. The van der Waals surface area contributed by atoms with Crippen LogP contribution >= 0.6 is 0 Å². The molecule has 0 aromatic carbocycles. The van der Waals surface area contributed by atoms with Gasteiger partial charge in [0.15, 0.2) is 0 Å². The lowest BCUT2D eigenvalue weighted by atomic mass is 10.0. The molecule has 0 radical (unpaired) electrons. The first kappa shape index (κ1) is 15.7. The van der Waals surface area contributed by atoms with Crippen LogP contribution in [0.4, 0.5) is 0 Å². The summed E-state index contributed by atoms with van der Waals surface area (Å²) in [5.74, 6) is 0.519. The van der Waals surface area contributed by atoms with Crippen LogP contribution in [0, 0.1) is 0 Å². The predicted molar refractivity (Wildman–Crippen MR) is 90.0 cm³/mol. The molecule has 0 bridgehead atoms. The lowest BCUT2D eigenvalue weighted by Gasteiger charge is -2.38. The molecule has 2 aliphatic rings. The van der Waals surface area contributed by atoms with Crippen molar-refractivity contribution in [2.75, 3.05) is 26.3 Å². The van der Waals surface area contributed by atoms with Gasteiger partial charge in [-0.2, -0.15) is 0 Å². The molecule has 0 saturated carbocycles. The molecule has 0 unspecified atom stereocenters. The number of ether oxygens (including phenoxy) is 2. The van der Waals surface area contributed by atoms with Gasteiger partial charge in [0.2, 0.25) is 5.88 Å². The molecule has 0 spiro atoms. The number of hydrogen-bond donors (Lipinski definition) is 0. The van der Waals surface area contributed by atoms with E-state index in [0.717, 1.165) is 12.0 Å². The summed E-state index contributed by atoms with van der Waals surface area (Å²) in [6.07, 6.45) is 7.53. The summed E-state index contributed by atoms with van der Waals surface area (Å²) in [4.78, 5) is 26.2. The molecule has 4 rings (SSSR count). The van der Waals surface area contributed by atoms with Crippen molar-refractivity contribution in [3.63, 3.8) is 0 Å². The molecule has 0 atom stereocenters. The van der Waals surface area contributed by atoms with E-state index in [1.165, 1.54) is 11.9 Å². The van der Waals surface area contributed by atoms with Gasteiger partial charge in [0.25, 0.3) is 5.91 Å². The molecule has 7 heteroatoms. The Kier molecular flexibility index (Phi) is 4.39. The summed E-state index contributed by atoms with van der Waals surface area (Å²) < 4.78 is 11.4. The first-order chi connectivity index (χ1) is 12.3. The molecule has 1 saturated heterocycles. The van der Waals surface area contributed by atoms with Crippen molar-refractivity contribution in [1.82, 2.24) is 19.9 Å². The summed E-state index contributed by atoms with van der Waals surface area (Å²) >= 11 is 0. The Balaban J connectivity index is 1.40. The van der Waals surface area contributed by atoms with E-state index >= 15 is 0 Å². The van der Waals surface area contributed by atoms with Gasteiger partial charge in [0.1, 0.15) is 18.1 Å². The smallest absolute Gasteiger partial charge is 0.272 e. The summed E-state index contributed by atoms with van der Waals surface area (Å²) in [7, 11) is 0. The second kappa shape index (κ2) is 6.98. The summed E-state index contributed by atoms with van der Waals surface area (Å²) in [5, 5.41) is 0. The third-order valence-electron chi connectivity index (χ3n) is 4.30.